The number of benzene rings is 2. The Balaban J connectivity index is 1.47. The zero-order chi connectivity index (χ0) is 20.1. The quantitative estimate of drug-likeness (QED) is 0.750. The average molecular weight is 422 g/mol. The van der Waals surface area contributed by atoms with E-state index in [1.165, 1.54) is 0 Å². The van der Waals surface area contributed by atoms with Gasteiger partial charge in [0.25, 0.3) is 0 Å². The van der Waals surface area contributed by atoms with Gasteiger partial charge < -0.3 is 10.6 Å². The predicted octanol–water partition coefficient (Wildman–Crippen LogP) is 3.28. The van der Waals surface area contributed by atoms with Crippen molar-refractivity contribution in [2.24, 2.45) is 0 Å². The van der Waals surface area contributed by atoms with Crippen LogP contribution in [-0.2, 0) is 22.9 Å². The van der Waals surface area contributed by atoms with Crippen molar-refractivity contribution in [2.75, 3.05) is 23.9 Å². The molecule has 1 fully saturated rings. The summed E-state index contributed by atoms with van der Waals surface area (Å²) in [6, 6.07) is 14.7. The average Bonchev–Trinajstić information content (AvgIpc) is 3.03. The van der Waals surface area contributed by atoms with Crippen molar-refractivity contribution >= 4 is 33.2 Å². The highest BCUT2D eigenvalue weighted by Crippen LogP contribution is 2.19. The molecule has 2 aromatic carbocycles. The van der Waals surface area contributed by atoms with E-state index < -0.39 is 9.84 Å². The molecule has 1 saturated heterocycles. The van der Waals surface area contributed by atoms with Crippen molar-refractivity contribution in [2.45, 2.75) is 25.6 Å². The molecule has 2 N–H and O–H groups in total. The van der Waals surface area contributed by atoms with E-state index in [1.807, 2.05) is 43.4 Å². The van der Waals surface area contributed by atoms with Crippen LogP contribution in [-0.4, -0.2) is 43.9 Å². The highest BCUT2D eigenvalue weighted by atomic mass is 35.5. The minimum Gasteiger partial charge on any atom is -0.334 e. The molecule has 28 heavy (non-hydrogen) atoms. The first-order chi connectivity index (χ1) is 13.3. The van der Waals surface area contributed by atoms with Crippen molar-refractivity contribution < 1.29 is 13.2 Å². The van der Waals surface area contributed by atoms with Gasteiger partial charge >= 0.3 is 6.03 Å². The maximum Gasteiger partial charge on any atom is 0.319 e. The van der Waals surface area contributed by atoms with Gasteiger partial charge in [0.1, 0.15) is 0 Å². The molecule has 0 aliphatic carbocycles. The Labute approximate surface area is 170 Å². The molecule has 1 aliphatic rings. The van der Waals surface area contributed by atoms with Crippen molar-refractivity contribution in [3.05, 3.63) is 64.7 Å². The third-order valence-electron chi connectivity index (χ3n) is 4.84. The second kappa shape index (κ2) is 8.94. The summed E-state index contributed by atoms with van der Waals surface area (Å²) in [4.78, 5) is 14.1. The smallest absolute Gasteiger partial charge is 0.319 e. The minimum atomic E-state index is -2.88. The molecule has 8 heteroatoms. The molecule has 1 unspecified atom stereocenters. The van der Waals surface area contributed by atoms with Crippen LogP contribution in [0, 0.1) is 0 Å². The Bertz CT molecular complexity index is 915. The summed E-state index contributed by atoms with van der Waals surface area (Å²) >= 11 is 5.85. The molecular formula is C20H24ClN3O3S. The van der Waals surface area contributed by atoms with Crippen molar-refractivity contribution in [1.82, 2.24) is 10.2 Å². The number of urea groups is 1. The number of halogens is 1. The fraction of sp³-hybridized carbons (Fsp3) is 0.350. The number of carbonyl (C=O) groups excluding carboxylic acids is 1. The molecule has 3 rings (SSSR count). The van der Waals surface area contributed by atoms with Gasteiger partial charge in [0, 0.05) is 29.8 Å². The fourth-order valence-electron chi connectivity index (χ4n) is 3.19. The van der Waals surface area contributed by atoms with Crippen LogP contribution >= 0.6 is 11.6 Å². The maximum absolute atomic E-state index is 12.0. The van der Waals surface area contributed by atoms with Crippen molar-refractivity contribution in [3.8, 4) is 0 Å². The van der Waals surface area contributed by atoms with Gasteiger partial charge in [-0.3, -0.25) is 4.90 Å². The fourth-order valence-corrected chi connectivity index (χ4v) is 5.12. The predicted molar refractivity (Wildman–Crippen MR) is 112 cm³/mol. The molecule has 150 valence electrons. The van der Waals surface area contributed by atoms with Crippen LogP contribution < -0.4 is 10.6 Å². The Morgan fingerprint density at radius 3 is 2.36 bits per heavy atom. The normalized spacial score (nSPS) is 18.2. The van der Waals surface area contributed by atoms with Gasteiger partial charge in [-0.2, -0.15) is 0 Å². The number of sulfone groups is 1. The number of nitrogens with zero attached hydrogens (tertiary/aromatic N) is 1. The number of rotatable bonds is 6. The minimum absolute atomic E-state index is 0.0708. The molecular weight excluding hydrogens is 398 g/mol. The summed E-state index contributed by atoms with van der Waals surface area (Å²) < 4.78 is 23.3. The third-order valence-corrected chi connectivity index (χ3v) is 6.84. The molecule has 2 amide bonds. The number of carbonyl (C=O) groups is 1. The van der Waals surface area contributed by atoms with Crippen LogP contribution in [0.1, 0.15) is 17.5 Å². The van der Waals surface area contributed by atoms with Gasteiger partial charge in [-0.05, 0) is 48.9 Å². The van der Waals surface area contributed by atoms with E-state index in [0.717, 1.165) is 11.1 Å². The summed E-state index contributed by atoms with van der Waals surface area (Å²) in [5.41, 5.74) is 2.73. The van der Waals surface area contributed by atoms with Crippen LogP contribution in [0.5, 0.6) is 0 Å². The Morgan fingerprint density at radius 2 is 1.75 bits per heavy atom. The number of anilines is 1. The molecule has 0 aromatic heterocycles. The summed E-state index contributed by atoms with van der Waals surface area (Å²) in [6.45, 7) is 1.08. The molecule has 0 radical (unpaired) electrons. The molecule has 0 bridgehead atoms. The lowest BCUT2D eigenvalue weighted by atomic mass is 10.1. The summed E-state index contributed by atoms with van der Waals surface area (Å²) in [5, 5.41) is 6.26. The van der Waals surface area contributed by atoms with Crippen LogP contribution in [0.2, 0.25) is 5.02 Å². The molecule has 0 spiro atoms. The number of nitrogens with one attached hydrogen (secondary N) is 2. The van der Waals surface area contributed by atoms with E-state index in [2.05, 4.69) is 15.5 Å². The highest BCUT2D eigenvalue weighted by molar-refractivity contribution is 7.91. The van der Waals surface area contributed by atoms with Gasteiger partial charge in [0.05, 0.1) is 11.5 Å². The molecule has 0 saturated carbocycles. The van der Waals surface area contributed by atoms with Crippen LogP contribution in [0.15, 0.2) is 48.5 Å². The monoisotopic (exact) mass is 421 g/mol. The van der Waals surface area contributed by atoms with Crippen molar-refractivity contribution in [1.29, 1.82) is 0 Å². The molecule has 1 heterocycles. The topological polar surface area (TPSA) is 78.5 Å². The largest absolute Gasteiger partial charge is 0.334 e. The summed E-state index contributed by atoms with van der Waals surface area (Å²) in [5.74, 6) is 0.507. The SMILES string of the molecule is CN(Cc1ccc(NC(=O)NCc2ccc(Cl)cc2)cc1)C1CCS(=O)(=O)C1. The lowest BCUT2D eigenvalue weighted by molar-refractivity contribution is 0.251. The van der Waals surface area contributed by atoms with Crippen LogP contribution in [0.25, 0.3) is 0 Å². The Morgan fingerprint density at radius 1 is 1.11 bits per heavy atom. The lowest BCUT2D eigenvalue weighted by Crippen LogP contribution is -2.32. The van der Waals surface area contributed by atoms with Crippen molar-refractivity contribution in [3.63, 3.8) is 0 Å². The highest BCUT2D eigenvalue weighted by Gasteiger charge is 2.30. The summed E-state index contributed by atoms with van der Waals surface area (Å²) in [7, 11) is -0.937. The van der Waals surface area contributed by atoms with Gasteiger partial charge in [-0.1, -0.05) is 35.9 Å². The zero-order valence-corrected chi connectivity index (χ0v) is 17.3. The van der Waals surface area contributed by atoms with E-state index in [9.17, 15) is 13.2 Å². The first-order valence-electron chi connectivity index (χ1n) is 9.10. The zero-order valence-electron chi connectivity index (χ0n) is 15.7. The standard InChI is InChI=1S/C20H24ClN3O3S/c1-24(19-10-11-28(26,27)14-19)13-16-4-8-18(9-5-16)23-20(25)22-12-15-2-6-17(21)7-3-15/h2-9,19H,10-14H2,1H3,(H2,22,23,25). The van der Waals surface area contributed by atoms with E-state index in [-0.39, 0.29) is 23.6 Å². The second-order valence-corrected chi connectivity index (χ2v) is 9.77. The van der Waals surface area contributed by atoms with Crippen LogP contribution in [0.4, 0.5) is 10.5 Å². The van der Waals surface area contributed by atoms with E-state index in [4.69, 9.17) is 11.6 Å². The Hall–Kier alpha value is -2.09. The van der Waals surface area contributed by atoms with Crippen LogP contribution in [0.3, 0.4) is 0 Å². The molecule has 6 nitrogen and oxygen atoms in total. The third kappa shape index (κ3) is 5.95. The first-order valence-corrected chi connectivity index (χ1v) is 11.3. The van der Waals surface area contributed by atoms with Gasteiger partial charge in [-0.15, -0.1) is 0 Å². The second-order valence-electron chi connectivity index (χ2n) is 7.10. The maximum atomic E-state index is 12.0. The van der Waals surface area contributed by atoms with Gasteiger partial charge in [0.2, 0.25) is 0 Å². The summed E-state index contributed by atoms with van der Waals surface area (Å²) in [6.07, 6.45) is 0.687. The number of hydrogen-bond donors (Lipinski definition) is 2. The molecule has 2 aromatic rings. The molecule has 1 aliphatic heterocycles. The van der Waals surface area contributed by atoms with Gasteiger partial charge in [0.15, 0.2) is 9.84 Å². The van der Waals surface area contributed by atoms with E-state index >= 15 is 0 Å². The van der Waals surface area contributed by atoms with Gasteiger partial charge in [-0.25, -0.2) is 13.2 Å². The Kier molecular flexibility index (Phi) is 6.59. The lowest BCUT2D eigenvalue weighted by Gasteiger charge is -2.23. The van der Waals surface area contributed by atoms with E-state index in [0.29, 0.717) is 30.2 Å². The number of hydrogen-bond acceptors (Lipinski definition) is 4. The first kappa shape index (κ1) is 20.6. The number of amides is 2. The molecule has 1 atom stereocenters. The van der Waals surface area contributed by atoms with E-state index in [1.54, 1.807) is 12.1 Å².